The van der Waals surface area contributed by atoms with Gasteiger partial charge in [0.1, 0.15) is 0 Å². The minimum atomic E-state index is -0.384. The van der Waals surface area contributed by atoms with Crippen LogP contribution in [0.2, 0.25) is 0 Å². The zero-order chi connectivity index (χ0) is 10.2. The third-order valence-corrected chi connectivity index (χ3v) is 1.67. The van der Waals surface area contributed by atoms with E-state index in [1.165, 1.54) is 0 Å². The molecule has 1 rings (SSSR count). The lowest BCUT2D eigenvalue weighted by molar-refractivity contribution is -0.137. The van der Waals surface area contributed by atoms with E-state index in [0.29, 0.717) is 13.0 Å². The maximum atomic E-state index is 10.7. The molecular formula is C11H13NO2. The molecule has 0 aromatic heterocycles. The molecule has 14 heavy (non-hydrogen) atoms. The van der Waals surface area contributed by atoms with Gasteiger partial charge >= 0.3 is 5.97 Å². The molecule has 1 aliphatic heterocycles. The minimum absolute atomic E-state index is 0.366. The summed E-state index contributed by atoms with van der Waals surface area (Å²) in [6, 6.07) is 0. The smallest absolute Gasteiger partial charge is 0.330 e. The lowest BCUT2D eigenvalue weighted by Gasteiger charge is -2.05. The molecule has 0 aliphatic carbocycles. The Morgan fingerprint density at radius 2 is 2.36 bits per heavy atom. The first-order chi connectivity index (χ1) is 6.83. The molecule has 1 aliphatic rings. The van der Waals surface area contributed by atoms with Crippen molar-refractivity contribution in [2.45, 2.75) is 6.42 Å². The summed E-state index contributed by atoms with van der Waals surface area (Å²) in [4.78, 5) is 10.7. The summed E-state index contributed by atoms with van der Waals surface area (Å²) < 4.78 is 4.85. The number of allylic oxidation sites excluding steroid dienone is 4. The standard InChI is InChI=1S/C11H13NO2/c1-2-11(13)14-9-7-10-6-4-3-5-8-12-10/h2-6,8,12H,1,7,9H2. The zero-order valence-corrected chi connectivity index (χ0v) is 7.90. The Bertz CT molecular complexity index is 300. The lowest BCUT2D eigenvalue weighted by Crippen LogP contribution is -2.09. The van der Waals surface area contributed by atoms with Crippen LogP contribution >= 0.6 is 0 Å². The second-order valence-corrected chi connectivity index (χ2v) is 2.70. The highest BCUT2D eigenvalue weighted by atomic mass is 16.5. The van der Waals surface area contributed by atoms with Crippen molar-refractivity contribution >= 4 is 5.97 Å². The number of esters is 1. The van der Waals surface area contributed by atoms with Gasteiger partial charge in [0.15, 0.2) is 0 Å². The fourth-order valence-electron chi connectivity index (χ4n) is 0.971. The van der Waals surface area contributed by atoms with Gasteiger partial charge in [-0.1, -0.05) is 18.7 Å². The molecule has 0 radical (unpaired) electrons. The van der Waals surface area contributed by atoms with Crippen molar-refractivity contribution in [2.75, 3.05) is 6.61 Å². The molecule has 74 valence electrons. The molecule has 0 aromatic rings. The molecule has 0 saturated heterocycles. The Kier molecular flexibility index (Phi) is 4.27. The second-order valence-electron chi connectivity index (χ2n) is 2.70. The molecule has 1 heterocycles. The number of hydrogen-bond acceptors (Lipinski definition) is 3. The van der Waals surface area contributed by atoms with Crippen LogP contribution in [-0.2, 0) is 9.53 Å². The maximum Gasteiger partial charge on any atom is 0.330 e. The number of rotatable bonds is 4. The van der Waals surface area contributed by atoms with E-state index in [9.17, 15) is 4.79 Å². The molecule has 0 fully saturated rings. The predicted octanol–water partition coefficient (Wildman–Crippen LogP) is 1.66. The first-order valence-corrected chi connectivity index (χ1v) is 4.41. The van der Waals surface area contributed by atoms with Crippen LogP contribution in [0.3, 0.4) is 0 Å². The van der Waals surface area contributed by atoms with Gasteiger partial charge < -0.3 is 10.1 Å². The first kappa shape index (κ1) is 10.3. The zero-order valence-electron chi connectivity index (χ0n) is 7.90. The molecular weight excluding hydrogens is 178 g/mol. The number of nitrogens with one attached hydrogen (secondary N) is 1. The van der Waals surface area contributed by atoms with Crippen molar-refractivity contribution < 1.29 is 9.53 Å². The van der Waals surface area contributed by atoms with E-state index in [2.05, 4.69) is 11.9 Å². The molecule has 0 amide bonds. The molecule has 3 heteroatoms. The van der Waals surface area contributed by atoms with Crippen LogP contribution in [0.4, 0.5) is 0 Å². The fraction of sp³-hybridized carbons (Fsp3) is 0.182. The van der Waals surface area contributed by atoms with E-state index in [0.717, 1.165) is 11.8 Å². The SMILES string of the molecule is C=CC(=O)OCCC1=CC=CC=CN1. The van der Waals surface area contributed by atoms with Crippen molar-refractivity contribution in [1.29, 1.82) is 0 Å². The predicted molar refractivity (Wildman–Crippen MR) is 55.3 cm³/mol. The van der Waals surface area contributed by atoms with Gasteiger partial charge in [-0.05, 0) is 12.2 Å². The van der Waals surface area contributed by atoms with E-state index in [1.807, 2.05) is 30.5 Å². The van der Waals surface area contributed by atoms with Gasteiger partial charge in [-0.15, -0.1) is 0 Å². The molecule has 1 N–H and O–H groups in total. The Morgan fingerprint density at radius 3 is 3.14 bits per heavy atom. The molecule has 0 saturated carbocycles. The molecule has 0 aromatic carbocycles. The number of carbonyl (C=O) groups excluding carboxylic acids is 1. The van der Waals surface area contributed by atoms with Crippen LogP contribution in [0, 0.1) is 0 Å². The molecule has 0 spiro atoms. The summed E-state index contributed by atoms with van der Waals surface area (Å²) >= 11 is 0. The van der Waals surface area contributed by atoms with Gasteiger partial charge in [0, 0.05) is 24.4 Å². The fourth-order valence-corrected chi connectivity index (χ4v) is 0.971. The van der Waals surface area contributed by atoms with E-state index in [1.54, 1.807) is 0 Å². The van der Waals surface area contributed by atoms with Gasteiger partial charge in [0.2, 0.25) is 0 Å². The van der Waals surface area contributed by atoms with Crippen molar-refractivity contribution in [2.24, 2.45) is 0 Å². The van der Waals surface area contributed by atoms with Crippen molar-refractivity contribution in [3.63, 3.8) is 0 Å². The molecule has 0 unspecified atom stereocenters. The third-order valence-electron chi connectivity index (χ3n) is 1.67. The quantitative estimate of drug-likeness (QED) is 0.542. The lowest BCUT2D eigenvalue weighted by atomic mass is 10.3. The topological polar surface area (TPSA) is 38.3 Å². The van der Waals surface area contributed by atoms with Crippen LogP contribution in [-0.4, -0.2) is 12.6 Å². The van der Waals surface area contributed by atoms with Gasteiger partial charge in [-0.25, -0.2) is 4.79 Å². The largest absolute Gasteiger partial charge is 0.462 e. The molecule has 0 bridgehead atoms. The minimum Gasteiger partial charge on any atom is -0.462 e. The van der Waals surface area contributed by atoms with Crippen LogP contribution < -0.4 is 5.32 Å². The molecule has 0 atom stereocenters. The average molecular weight is 191 g/mol. The van der Waals surface area contributed by atoms with Crippen molar-refractivity contribution in [3.05, 3.63) is 48.9 Å². The van der Waals surface area contributed by atoms with E-state index >= 15 is 0 Å². The summed E-state index contributed by atoms with van der Waals surface area (Å²) in [6.45, 7) is 3.68. The summed E-state index contributed by atoms with van der Waals surface area (Å²) in [5.41, 5.74) is 1.02. The monoisotopic (exact) mass is 191 g/mol. The Labute approximate surface area is 83.4 Å². The summed E-state index contributed by atoms with van der Waals surface area (Å²) in [5, 5.41) is 3.07. The van der Waals surface area contributed by atoms with Crippen LogP contribution in [0.5, 0.6) is 0 Å². The second kappa shape index (κ2) is 5.80. The normalized spacial score (nSPS) is 13.9. The van der Waals surface area contributed by atoms with E-state index < -0.39 is 0 Å². The van der Waals surface area contributed by atoms with Crippen LogP contribution in [0.1, 0.15) is 6.42 Å². The van der Waals surface area contributed by atoms with Gasteiger partial charge in [0.25, 0.3) is 0 Å². The highest BCUT2D eigenvalue weighted by Crippen LogP contribution is 2.01. The number of hydrogen-bond donors (Lipinski definition) is 1. The Morgan fingerprint density at radius 1 is 1.50 bits per heavy atom. The maximum absolute atomic E-state index is 10.7. The van der Waals surface area contributed by atoms with Gasteiger partial charge in [-0.3, -0.25) is 0 Å². The summed E-state index contributed by atoms with van der Waals surface area (Å²) in [7, 11) is 0. The van der Waals surface area contributed by atoms with Gasteiger partial charge in [-0.2, -0.15) is 0 Å². The van der Waals surface area contributed by atoms with Gasteiger partial charge in [0.05, 0.1) is 6.61 Å². The Balaban J connectivity index is 2.27. The average Bonchev–Trinajstić information content (AvgIpc) is 2.46. The number of carbonyl (C=O) groups is 1. The van der Waals surface area contributed by atoms with Crippen LogP contribution in [0.15, 0.2) is 48.9 Å². The van der Waals surface area contributed by atoms with Crippen molar-refractivity contribution in [1.82, 2.24) is 5.32 Å². The highest BCUT2D eigenvalue weighted by Gasteiger charge is 1.98. The Hall–Kier alpha value is -1.77. The number of ether oxygens (including phenoxy) is 1. The van der Waals surface area contributed by atoms with E-state index in [4.69, 9.17) is 4.74 Å². The molecule has 3 nitrogen and oxygen atoms in total. The van der Waals surface area contributed by atoms with E-state index in [-0.39, 0.29) is 5.97 Å². The third kappa shape index (κ3) is 3.76. The van der Waals surface area contributed by atoms with Crippen molar-refractivity contribution in [3.8, 4) is 0 Å². The summed E-state index contributed by atoms with van der Waals surface area (Å²) in [6.07, 6.45) is 11.4. The first-order valence-electron chi connectivity index (χ1n) is 4.41. The van der Waals surface area contributed by atoms with Crippen LogP contribution in [0.25, 0.3) is 0 Å². The highest BCUT2D eigenvalue weighted by molar-refractivity contribution is 5.81. The summed E-state index contributed by atoms with van der Waals surface area (Å²) in [5.74, 6) is -0.384.